The SMILES string of the molecule is Cc1cc(CCc2cc(F)cc(Br)c2)nc(-n2c(C)ccc2C)c1.Cc1cc(CCc2cc(F)cc(NCc3cccc(F)c3)c2)nc(-n2c(C)ccc2C)c1.Cc1cc(N)nc(CCc2cc(F)cc(NCc3cccc(F)c3)c2)c1.PPP(P(P)P)P(P(P)P)P(P(P(P)P)P(P)P)P(P(P)P)P(P)P.[V]. The first-order valence-corrected chi connectivity index (χ1v) is 78.6. The van der Waals surface area contributed by atoms with Crippen LogP contribution in [0.2, 0.25) is 0 Å². The second-order valence-corrected chi connectivity index (χ2v) is 124. The quantitative estimate of drug-likeness (QED) is 0.0334. The number of rotatable bonds is 28. The van der Waals surface area contributed by atoms with Gasteiger partial charge in [0.1, 0.15) is 46.5 Å². The van der Waals surface area contributed by atoms with E-state index in [0.29, 0.717) is 56.0 Å². The van der Waals surface area contributed by atoms with Gasteiger partial charge in [-0.2, -0.15) is 0 Å². The fourth-order valence-corrected chi connectivity index (χ4v) is 326. The molecule has 108 heavy (non-hydrogen) atoms. The zero-order chi connectivity index (χ0) is 78.5. The molecule has 5 aromatic heterocycles. The molecule has 0 saturated carbocycles. The predicted molar refractivity (Wildman–Crippen MR) is 536 cm³/mol. The maximum atomic E-state index is 14.2. The van der Waals surface area contributed by atoms with E-state index in [1.165, 1.54) is 65.5 Å². The summed E-state index contributed by atoms with van der Waals surface area (Å²) in [7, 11) is 43.0. The molecule has 10 rings (SSSR count). The first-order chi connectivity index (χ1) is 50.6. The molecule has 0 spiro atoms. The molecular weight excluding hydrogens is 1930 g/mol. The van der Waals surface area contributed by atoms with Crippen LogP contribution in [0.15, 0.2) is 168 Å². The summed E-state index contributed by atoms with van der Waals surface area (Å²) in [6, 6.07) is 48.1. The van der Waals surface area contributed by atoms with Gasteiger partial charge in [0.05, 0.1) is 0 Å². The monoisotopic (exact) mass is 2020 g/mol. The molecule has 0 amide bonds. The molecular formula is C68H95BrF5N8P25V. The van der Waals surface area contributed by atoms with Gasteiger partial charge in [0.2, 0.25) is 0 Å². The van der Waals surface area contributed by atoms with Gasteiger partial charge in [0.25, 0.3) is 0 Å². The van der Waals surface area contributed by atoms with Crippen LogP contribution < -0.4 is 16.4 Å². The van der Waals surface area contributed by atoms with Gasteiger partial charge in [-0.3, -0.25) is 0 Å². The van der Waals surface area contributed by atoms with E-state index in [0.717, 1.165) is 104 Å². The topological polar surface area (TPSA) is 98.6 Å². The van der Waals surface area contributed by atoms with Crippen LogP contribution in [0.5, 0.6) is 0 Å². The number of benzene rings is 5. The summed E-state index contributed by atoms with van der Waals surface area (Å²) in [5.74, 6) is 0.991. The van der Waals surface area contributed by atoms with Gasteiger partial charge in [-0.05, 0) is 348 Å². The standard InChI is InChI=1S/C27H27F2N3.C21H21F2N3.C20H20BrFN2.H27P25.V/c1-18-11-25(31-27(12-18)32-19(2)7-8-20(32)3)10-9-21-13-24(29)16-26(15-21)30-17-22-5-4-6-23(28)14-22;1-14-7-19(26-21(24)8-14)6-5-15-9-18(23)12-20(11-15)25-13-16-3-2-4-17(22)10-16;1-13-8-19(7-6-16-10-17(21)12-18(22)11-16)23-20(9-13)24-14(2)4-5-15(24)3;1-14-21(15(2)3)24(20(12)13)25(22(16(4)5)17(6)7)23(18(8)9)19(10)11;/h4-8,11-16,30H,9-10,17H2,1-3H3;2-4,7-12,25H,5-6,13H2,1H3,(H2,24,26);4-5,8-12H,6-7H2,1-3H3;14H,1-13H2;. The Balaban J connectivity index is 0.000000226. The summed E-state index contributed by atoms with van der Waals surface area (Å²) >= 11 is 3.35. The number of hydrogen-bond acceptors (Lipinski definition) is 6. The maximum absolute atomic E-state index is 14.2. The van der Waals surface area contributed by atoms with E-state index in [1.54, 1.807) is 24.3 Å². The molecule has 5 aromatic carbocycles. The summed E-state index contributed by atoms with van der Waals surface area (Å²) in [5, 5.41) is 6.33. The Labute approximate surface area is 701 Å². The Morgan fingerprint density at radius 3 is 1.06 bits per heavy atom. The van der Waals surface area contributed by atoms with Crippen molar-refractivity contribution in [3.63, 3.8) is 0 Å². The van der Waals surface area contributed by atoms with Crippen molar-refractivity contribution in [1.82, 2.24) is 24.1 Å². The molecule has 8 nitrogen and oxygen atoms in total. The Morgan fingerprint density at radius 1 is 0.380 bits per heavy atom. The van der Waals surface area contributed by atoms with Gasteiger partial charge >= 0.3 is 0 Å². The number of nitrogens with zero attached hydrogens (tertiary/aromatic N) is 5. The minimum Gasteiger partial charge on any atom is -0.384 e. The normalized spacial score (nSPS) is 12.1. The van der Waals surface area contributed by atoms with Crippen molar-refractivity contribution in [3.05, 3.63) is 282 Å². The fraction of sp³-hybridized carbons (Fsp3) is 0.221. The van der Waals surface area contributed by atoms with Crippen molar-refractivity contribution in [2.24, 2.45) is 0 Å². The number of aryl methyl sites for hydroxylation is 13. The number of halogens is 6. The third-order valence-electron chi connectivity index (χ3n) is 15.7. The third kappa shape index (κ3) is 33.1. The number of nitrogen functional groups attached to an aromatic ring is 1. The van der Waals surface area contributed by atoms with E-state index in [1.807, 2.05) is 49.4 Å². The Kier molecular flexibility index (Phi) is 46.6. The summed E-state index contributed by atoms with van der Waals surface area (Å²) in [6.07, 6.45) is 4.26. The van der Waals surface area contributed by atoms with Crippen molar-refractivity contribution >= 4 is 234 Å². The number of nitrogens with two attached hydrogens (primary N) is 1. The molecule has 0 saturated heterocycles. The Bertz CT molecular complexity index is 4420. The molecule has 16 unspecified atom stereocenters. The number of pyridine rings is 3. The molecule has 40 heteroatoms. The summed E-state index contributed by atoms with van der Waals surface area (Å²) in [5.41, 5.74) is 22.4. The second-order valence-electron chi connectivity index (χ2n) is 24.7. The van der Waals surface area contributed by atoms with Gasteiger partial charge < -0.3 is 25.5 Å². The average Bonchev–Trinajstić information content (AvgIpc) is 0.996. The van der Waals surface area contributed by atoms with Crippen LogP contribution in [0.3, 0.4) is 0 Å². The molecule has 1 radical (unpaired) electrons. The number of hydrogen-bond donors (Lipinski definition) is 3. The number of anilines is 3. The summed E-state index contributed by atoms with van der Waals surface area (Å²) in [4.78, 5) is 14.0. The molecule has 0 fully saturated rings. The van der Waals surface area contributed by atoms with Crippen molar-refractivity contribution in [1.29, 1.82) is 0 Å². The van der Waals surface area contributed by atoms with E-state index in [9.17, 15) is 22.0 Å². The van der Waals surface area contributed by atoms with Crippen LogP contribution in [0, 0.1) is 77.6 Å². The molecule has 5 heterocycles. The zero-order valence-electron chi connectivity index (χ0n) is 60.7. The molecule has 579 valence electrons. The van der Waals surface area contributed by atoms with Crippen LogP contribution in [-0.2, 0) is 70.2 Å². The second kappa shape index (κ2) is 50.4. The first-order valence-electron chi connectivity index (χ1n) is 32.9. The van der Waals surface area contributed by atoms with E-state index in [4.69, 9.17) is 15.7 Å². The molecule has 0 aliphatic heterocycles. The van der Waals surface area contributed by atoms with Crippen molar-refractivity contribution in [3.8, 4) is 11.6 Å². The summed E-state index contributed by atoms with van der Waals surface area (Å²) in [6.45, 7) is 15.8. The largest absolute Gasteiger partial charge is 0.384 e. The predicted octanol–water partition coefficient (Wildman–Crippen LogP) is 30.9. The Hall–Kier alpha value is 2.97. The molecule has 16 atom stereocenters. The van der Waals surface area contributed by atoms with Gasteiger partial charge in [0, 0.05) is 87.4 Å². The van der Waals surface area contributed by atoms with Crippen LogP contribution in [0.4, 0.5) is 39.1 Å². The molecule has 10 aromatic rings. The smallest absolute Gasteiger partial charge is 0.137 e. The molecule has 0 bridgehead atoms. The number of nitrogens with one attached hydrogen (secondary N) is 2. The number of aromatic nitrogens is 5. The van der Waals surface area contributed by atoms with Crippen molar-refractivity contribution < 1.29 is 40.5 Å². The van der Waals surface area contributed by atoms with E-state index < -0.39 is 0 Å². The maximum Gasteiger partial charge on any atom is 0.137 e. The van der Waals surface area contributed by atoms with Gasteiger partial charge in [-0.15, -0.1) is 116 Å². The van der Waals surface area contributed by atoms with E-state index in [-0.39, 0.29) is 125 Å². The van der Waals surface area contributed by atoms with Crippen LogP contribution in [-0.4, -0.2) is 24.1 Å². The molecule has 4 N–H and O–H groups in total. The summed E-state index contributed by atoms with van der Waals surface area (Å²) < 4.78 is 73.4. The van der Waals surface area contributed by atoms with Crippen LogP contribution >= 0.6 is 217 Å². The van der Waals surface area contributed by atoms with E-state index >= 15 is 0 Å². The van der Waals surface area contributed by atoms with Gasteiger partial charge in [0.15, 0.2) is 0 Å². The third-order valence-corrected chi connectivity index (χ3v) is 177. The zero-order valence-corrected chi connectivity index (χ0v) is 89.5. The first kappa shape index (κ1) is 99.8. The molecule has 0 aliphatic rings. The average molecular weight is 2020 g/mol. The fourth-order valence-electron chi connectivity index (χ4n) is 11.2. The van der Waals surface area contributed by atoms with Crippen LogP contribution in [0.25, 0.3) is 11.6 Å². The minimum absolute atomic E-state index is 0. The van der Waals surface area contributed by atoms with Crippen molar-refractivity contribution in [2.45, 2.75) is 100 Å². The van der Waals surface area contributed by atoms with E-state index in [2.05, 4.69) is 247 Å². The molecule has 0 aliphatic carbocycles. The van der Waals surface area contributed by atoms with Crippen molar-refractivity contribution in [2.75, 3.05) is 16.4 Å². The van der Waals surface area contributed by atoms with Gasteiger partial charge in [-0.1, -0.05) is 48.2 Å². The Morgan fingerprint density at radius 2 is 0.722 bits per heavy atom. The van der Waals surface area contributed by atoms with Gasteiger partial charge in [-0.25, -0.2) is 36.9 Å². The minimum atomic E-state index is -0.305. The van der Waals surface area contributed by atoms with Crippen LogP contribution in [0.1, 0.15) is 84.4 Å².